The van der Waals surface area contributed by atoms with Crippen LogP contribution in [0.3, 0.4) is 0 Å². The Bertz CT molecular complexity index is 484. The quantitative estimate of drug-likeness (QED) is 0.840. The van der Waals surface area contributed by atoms with Gasteiger partial charge in [-0.25, -0.2) is 4.98 Å². The second-order valence-electron chi connectivity index (χ2n) is 4.38. The van der Waals surface area contributed by atoms with Gasteiger partial charge in [0.1, 0.15) is 5.01 Å². The second-order valence-corrected chi connectivity index (χ2v) is 5.32. The molecule has 0 aliphatic carbocycles. The van der Waals surface area contributed by atoms with E-state index in [9.17, 15) is 0 Å². The van der Waals surface area contributed by atoms with Crippen LogP contribution in [0.15, 0.2) is 35.7 Å². The summed E-state index contributed by atoms with van der Waals surface area (Å²) in [5.74, 6) is 0. The van der Waals surface area contributed by atoms with Crippen molar-refractivity contribution in [2.24, 2.45) is 0 Å². The average Bonchev–Trinajstić information content (AvgIpc) is 2.91. The molecule has 1 heterocycles. The minimum atomic E-state index is 0.0973. The molecule has 0 saturated heterocycles. The summed E-state index contributed by atoms with van der Waals surface area (Å²) < 4.78 is 5.86. The lowest BCUT2D eigenvalue weighted by Gasteiger charge is -2.12. The molecule has 0 radical (unpaired) electrons. The molecule has 3 nitrogen and oxygen atoms in total. The SMILES string of the molecule is CCNCc1nc(COC(C)c2ccccc2)cs1. The third kappa shape index (κ3) is 4.42. The maximum atomic E-state index is 5.86. The Balaban J connectivity index is 1.83. The standard InChI is InChI=1S/C15H20N2OS/c1-3-16-9-15-17-14(11-19-15)10-18-12(2)13-7-5-4-6-8-13/h4-8,11-12,16H,3,9-10H2,1-2H3. The molecule has 1 N–H and O–H groups in total. The van der Waals surface area contributed by atoms with Gasteiger partial charge in [-0.05, 0) is 19.0 Å². The number of benzene rings is 1. The Morgan fingerprint density at radius 3 is 2.84 bits per heavy atom. The third-order valence-corrected chi connectivity index (χ3v) is 3.77. The van der Waals surface area contributed by atoms with Crippen LogP contribution in [-0.4, -0.2) is 11.5 Å². The van der Waals surface area contributed by atoms with Crippen LogP contribution in [0.5, 0.6) is 0 Å². The first-order valence-electron chi connectivity index (χ1n) is 6.60. The highest BCUT2D eigenvalue weighted by atomic mass is 32.1. The zero-order valence-electron chi connectivity index (χ0n) is 11.4. The van der Waals surface area contributed by atoms with Crippen LogP contribution in [-0.2, 0) is 17.9 Å². The van der Waals surface area contributed by atoms with Crippen molar-refractivity contribution in [3.05, 3.63) is 52.0 Å². The molecule has 1 aromatic heterocycles. The van der Waals surface area contributed by atoms with Crippen molar-refractivity contribution in [3.63, 3.8) is 0 Å². The smallest absolute Gasteiger partial charge is 0.107 e. The highest BCUT2D eigenvalue weighted by Crippen LogP contribution is 2.19. The van der Waals surface area contributed by atoms with Crippen LogP contribution in [0.25, 0.3) is 0 Å². The Morgan fingerprint density at radius 2 is 2.11 bits per heavy atom. The van der Waals surface area contributed by atoms with Crippen molar-refractivity contribution in [3.8, 4) is 0 Å². The Hall–Kier alpha value is -1.23. The van der Waals surface area contributed by atoms with E-state index in [1.54, 1.807) is 11.3 Å². The molecular formula is C15H20N2OS. The Labute approximate surface area is 118 Å². The normalized spacial score (nSPS) is 12.5. The van der Waals surface area contributed by atoms with Crippen LogP contribution < -0.4 is 5.32 Å². The van der Waals surface area contributed by atoms with Gasteiger partial charge in [-0.15, -0.1) is 11.3 Å². The van der Waals surface area contributed by atoms with E-state index in [1.807, 2.05) is 18.2 Å². The highest BCUT2D eigenvalue weighted by Gasteiger charge is 2.07. The molecule has 4 heteroatoms. The van der Waals surface area contributed by atoms with Crippen LogP contribution in [0.2, 0.25) is 0 Å². The number of rotatable bonds is 7. The van der Waals surface area contributed by atoms with Crippen LogP contribution in [0, 0.1) is 0 Å². The maximum Gasteiger partial charge on any atom is 0.107 e. The van der Waals surface area contributed by atoms with Crippen molar-refractivity contribution in [1.82, 2.24) is 10.3 Å². The third-order valence-electron chi connectivity index (χ3n) is 2.88. The predicted octanol–water partition coefficient (Wildman–Crippen LogP) is 3.53. The van der Waals surface area contributed by atoms with E-state index in [-0.39, 0.29) is 6.10 Å². The lowest BCUT2D eigenvalue weighted by Crippen LogP contribution is -2.11. The molecule has 1 aromatic carbocycles. The zero-order valence-corrected chi connectivity index (χ0v) is 12.2. The van der Waals surface area contributed by atoms with Gasteiger partial charge >= 0.3 is 0 Å². The van der Waals surface area contributed by atoms with Gasteiger partial charge in [-0.2, -0.15) is 0 Å². The fourth-order valence-corrected chi connectivity index (χ4v) is 2.51. The average molecular weight is 276 g/mol. The van der Waals surface area contributed by atoms with Gasteiger partial charge in [0.25, 0.3) is 0 Å². The molecule has 0 fully saturated rings. The monoisotopic (exact) mass is 276 g/mol. The van der Waals surface area contributed by atoms with E-state index in [0.29, 0.717) is 6.61 Å². The Morgan fingerprint density at radius 1 is 1.32 bits per heavy atom. The van der Waals surface area contributed by atoms with Crippen molar-refractivity contribution in [2.75, 3.05) is 6.54 Å². The molecule has 0 bridgehead atoms. The van der Waals surface area contributed by atoms with Crippen LogP contribution >= 0.6 is 11.3 Å². The molecule has 2 aromatic rings. The van der Waals surface area contributed by atoms with E-state index in [1.165, 1.54) is 5.56 Å². The number of aromatic nitrogens is 1. The molecule has 0 spiro atoms. The van der Waals surface area contributed by atoms with Crippen LogP contribution in [0.4, 0.5) is 0 Å². The van der Waals surface area contributed by atoms with Gasteiger partial charge in [-0.1, -0.05) is 37.3 Å². The van der Waals surface area contributed by atoms with Gasteiger partial charge in [-0.3, -0.25) is 0 Å². The highest BCUT2D eigenvalue weighted by molar-refractivity contribution is 7.09. The number of hydrogen-bond acceptors (Lipinski definition) is 4. The summed E-state index contributed by atoms with van der Waals surface area (Å²) in [4.78, 5) is 4.54. The summed E-state index contributed by atoms with van der Waals surface area (Å²) in [6.45, 7) is 6.55. The first kappa shape index (κ1) is 14.2. The van der Waals surface area contributed by atoms with Gasteiger partial charge in [0.05, 0.1) is 18.4 Å². The van der Waals surface area contributed by atoms with E-state index in [4.69, 9.17) is 4.74 Å². The fraction of sp³-hybridized carbons (Fsp3) is 0.400. The van der Waals surface area contributed by atoms with Crippen LogP contribution in [0.1, 0.15) is 36.2 Å². The number of nitrogens with one attached hydrogen (secondary N) is 1. The first-order valence-corrected chi connectivity index (χ1v) is 7.48. The number of hydrogen-bond donors (Lipinski definition) is 1. The van der Waals surface area contributed by atoms with Crippen molar-refractivity contribution in [2.45, 2.75) is 33.1 Å². The summed E-state index contributed by atoms with van der Waals surface area (Å²) >= 11 is 1.68. The van der Waals surface area contributed by atoms with E-state index in [2.05, 4.69) is 41.7 Å². The fourth-order valence-electron chi connectivity index (χ4n) is 1.76. The van der Waals surface area contributed by atoms with E-state index >= 15 is 0 Å². The maximum absolute atomic E-state index is 5.86. The molecule has 0 aliphatic heterocycles. The number of ether oxygens (including phenoxy) is 1. The zero-order chi connectivity index (χ0) is 13.5. The summed E-state index contributed by atoms with van der Waals surface area (Å²) in [6.07, 6.45) is 0.0973. The molecule has 1 atom stereocenters. The molecular weight excluding hydrogens is 256 g/mol. The lowest BCUT2D eigenvalue weighted by molar-refractivity contribution is 0.0507. The molecule has 1 unspecified atom stereocenters. The van der Waals surface area contributed by atoms with Gasteiger partial charge in [0.2, 0.25) is 0 Å². The predicted molar refractivity (Wildman–Crippen MR) is 79.1 cm³/mol. The lowest BCUT2D eigenvalue weighted by atomic mass is 10.1. The minimum Gasteiger partial charge on any atom is -0.367 e. The van der Waals surface area contributed by atoms with Crippen molar-refractivity contribution in [1.29, 1.82) is 0 Å². The Kier molecular flexibility index (Phi) is 5.51. The summed E-state index contributed by atoms with van der Waals surface area (Å²) in [5, 5.41) is 6.47. The number of thiazole rings is 1. The molecule has 0 aliphatic rings. The topological polar surface area (TPSA) is 34.2 Å². The van der Waals surface area contributed by atoms with Crippen molar-refractivity contribution >= 4 is 11.3 Å². The van der Waals surface area contributed by atoms with Gasteiger partial charge in [0.15, 0.2) is 0 Å². The van der Waals surface area contributed by atoms with E-state index < -0.39 is 0 Å². The number of nitrogens with zero attached hydrogens (tertiary/aromatic N) is 1. The molecule has 2 rings (SSSR count). The largest absolute Gasteiger partial charge is 0.367 e. The summed E-state index contributed by atoms with van der Waals surface area (Å²) in [7, 11) is 0. The minimum absolute atomic E-state index is 0.0973. The van der Waals surface area contributed by atoms with E-state index in [0.717, 1.165) is 23.8 Å². The first-order chi connectivity index (χ1) is 9.29. The molecule has 19 heavy (non-hydrogen) atoms. The van der Waals surface area contributed by atoms with Gasteiger partial charge in [0, 0.05) is 11.9 Å². The summed E-state index contributed by atoms with van der Waals surface area (Å²) in [5.41, 5.74) is 2.21. The molecule has 0 saturated carbocycles. The second kappa shape index (κ2) is 7.38. The summed E-state index contributed by atoms with van der Waals surface area (Å²) in [6, 6.07) is 10.3. The van der Waals surface area contributed by atoms with Gasteiger partial charge < -0.3 is 10.1 Å². The molecule has 102 valence electrons. The van der Waals surface area contributed by atoms with Crippen molar-refractivity contribution < 1.29 is 4.74 Å². The molecule has 0 amide bonds.